The molecule has 9 heteroatoms. The van der Waals surface area contributed by atoms with E-state index >= 15 is 0 Å². The third-order valence-corrected chi connectivity index (χ3v) is 6.61. The molecule has 2 aromatic heterocycles. The molecular weight excluding hydrogens is 462 g/mol. The number of hydrogen-bond donors (Lipinski definition) is 2. The summed E-state index contributed by atoms with van der Waals surface area (Å²) in [6.45, 7) is 5.29. The normalized spacial score (nSPS) is 14.3. The van der Waals surface area contributed by atoms with Crippen LogP contribution in [0.4, 0.5) is 10.8 Å². The number of benzene rings is 2. The van der Waals surface area contributed by atoms with Crippen molar-refractivity contribution in [1.29, 1.82) is 0 Å². The van der Waals surface area contributed by atoms with E-state index in [1.165, 1.54) is 18.3 Å². The van der Waals surface area contributed by atoms with Crippen molar-refractivity contribution < 1.29 is 14.3 Å². The summed E-state index contributed by atoms with van der Waals surface area (Å²) in [5.41, 5.74) is 4.69. The van der Waals surface area contributed by atoms with E-state index in [1.807, 2.05) is 74.5 Å². The molecule has 2 aromatic carbocycles. The zero-order valence-corrected chi connectivity index (χ0v) is 20.2. The molecule has 0 radical (unpaired) electrons. The molecule has 0 aliphatic carbocycles. The summed E-state index contributed by atoms with van der Waals surface area (Å²) in [6.07, 6.45) is 0. The fourth-order valence-corrected chi connectivity index (χ4v) is 4.79. The average molecular weight is 486 g/mol. The number of nitrogens with one attached hydrogen (secondary N) is 2. The van der Waals surface area contributed by atoms with Crippen molar-refractivity contribution in [1.82, 2.24) is 15.2 Å². The summed E-state index contributed by atoms with van der Waals surface area (Å²) in [5, 5.41) is 13.9. The van der Waals surface area contributed by atoms with Crippen LogP contribution in [0.2, 0.25) is 0 Å². The third-order valence-electron chi connectivity index (χ3n) is 6.00. The van der Waals surface area contributed by atoms with Crippen LogP contribution in [-0.4, -0.2) is 27.0 Å². The zero-order valence-electron chi connectivity index (χ0n) is 19.4. The van der Waals surface area contributed by atoms with Gasteiger partial charge in [-0.05, 0) is 24.3 Å². The number of carbonyl (C=O) groups excluding carboxylic acids is 2. The van der Waals surface area contributed by atoms with Gasteiger partial charge in [-0.15, -0.1) is 10.2 Å². The van der Waals surface area contributed by atoms with E-state index in [1.54, 1.807) is 5.51 Å². The molecule has 176 valence electrons. The SMILES string of the molecule is CC(=O)Nc1cccc(-c2ccc3c(n2)Oc2ccccc2[C@@H]3C(C)(C)C(=O)Nc2nncs2)c1. The Kier molecular flexibility index (Phi) is 5.78. The Bertz CT molecular complexity index is 1420. The maximum atomic E-state index is 13.4. The molecule has 8 nitrogen and oxygen atoms in total. The number of rotatable bonds is 5. The summed E-state index contributed by atoms with van der Waals surface area (Å²) in [7, 11) is 0. The monoisotopic (exact) mass is 485 g/mol. The van der Waals surface area contributed by atoms with Crippen molar-refractivity contribution in [3.63, 3.8) is 0 Å². The van der Waals surface area contributed by atoms with Crippen molar-refractivity contribution in [2.45, 2.75) is 26.7 Å². The number of amides is 2. The molecule has 2 N–H and O–H groups in total. The molecule has 4 aromatic rings. The molecule has 2 amide bonds. The van der Waals surface area contributed by atoms with E-state index in [-0.39, 0.29) is 17.7 Å². The molecule has 0 bridgehead atoms. The van der Waals surface area contributed by atoms with Gasteiger partial charge >= 0.3 is 0 Å². The minimum Gasteiger partial charge on any atom is -0.438 e. The van der Waals surface area contributed by atoms with Gasteiger partial charge in [0, 0.05) is 35.2 Å². The second kappa shape index (κ2) is 8.92. The predicted octanol–water partition coefficient (Wildman–Crippen LogP) is 5.46. The van der Waals surface area contributed by atoms with Gasteiger partial charge in [-0.3, -0.25) is 9.59 Å². The molecule has 3 heterocycles. The highest BCUT2D eigenvalue weighted by Gasteiger charge is 2.44. The van der Waals surface area contributed by atoms with Gasteiger partial charge in [0.05, 0.1) is 11.1 Å². The summed E-state index contributed by atoms with van der Waals surface area (Å²) in [4.78, 5) is 29.7. The number of anilines is 2. The fraction of sp³-hybridized carbons (Fsp3) is 0.192. The lowest BCUT2D eigenvalue weighted by molar-refractivity contribution is -0.124. The van der Waals surface area contributed by atoms with Gasteiger partial charge in [0.1, 0.15) is 11.3 Å². The minimum absolute atomic E-state index is 0.141. The highest BCUT2D eigenvalue weighted by atomic mass is 32.1. The maximum Gasteiger partial charge on any atom is 0.232 e. The Morgan fingerprint density at radius 2 is 1.83 bits per heavy atom. The minimum atomic E-state index is -0.852. The number of pyridine rings is 1. The Morgan fingerprint density at radius 3 is 2.60 bits per heavy atom. The van der Waals surface area contributed by atoms with Crippen LogP contribution in [0.15, 0.2) is 66.2 Å². The standard InChI is InChI=1S/C26H23N5O3S/c1-15(32)28-17-8-6-7-16(13-17)20-12-11-19-22(18-9-4-5-10-21(18)34-23(19)29-20)26(2,3)24(33)30-25-31-27-14-35-25/h4-14,22H,1-3H3,(H,28,32)(H,30,31,33)/t22-/m0/s1. The zero-order chi connectivity index (χ0) is 24.6. The van der Waals surface area contributed by atoms with Crippen molar-refractivity contribution >= 4 is 34.0 Å². The quantitative estimate of drug-likeness (QED) is 0.389. The maximum absolute atomic E-state index is 13.4. The first-order valence-electron chi connectivity index (χ1n) is 11.1. The number of hydrogen-bond acceptors (Lipinski definition) is 7. The van der Waals surface area contributed by atoms with Gasteiger partial charge < -0.3 is 15.4 Å². The van der Waals surface area contributed by atoms with Crippen LogP contribution in [0.1, 0.15) is 37.8 Å². The van der Waals surface area contributed by atoms with E-state index in [0.29, 0.717) is 28.1 Å². The molecule has 1 atom stereocenters. The first-order chi connectivity index (χ1) is 16.8. The van der Waals surface area contributed by atoms with E-state index in [0.717, 1.165) is 16.7 Å². The summed E-state index contributed by atoms with van der Waals surface area (Å²) >= 11 is 1.27. The number of fused-ring (bicyclic) bond motifs is 2. The van der Waals surface area contributed by atoms with Gasteiger partial charge in [0.25, 0.3) is 0 Å². The second-order valence-corrected chi connectivity index (χ2v) is 9.68. The molecule has 0 unspecified atom stereocenters. The van der Waals surface area contributed by atoms with E-state index in [4.69, 9.17) is 9.72 Å². The lowest BCUT2D eigenvalue weighted by Gasteiger charge is -2.37. The summed E-state index contributed by atoms with van der Waals surface area (Å²) < 4.78 is 6.21. The van der Waals surface area contributed by atoms with Crippen molar-refractivity contribution in [3.8, 4) is 22.9 Å². The lowest BCUT2D eigenvalue weighted by atomic mass is 9.69. The molecule has 0 spiro atoms. The Morgan fingerprint density at radius 1 is 1.00 bits per heavy atom. The van der Waals surface area contributed by atoms with Crippen LogP contribution in [0.3, 0.4) is 0 Å². The summed E-state index contributed by atoms with van der Waals surface area (Å²) in [5.74, 6) is 0.500. The van der Waals surface area contributed by atoms with Crippen molar-refractivity contribution in [3.05, 3.63) is 77.3 Å². The van der Waals surface area contributed by atoms with E-state index < -0.39 is 5.41 Å². The van der Waals surface area contributed by atoms with Gasteiger partial charge in [0.2, 0.25) is 22.8 Å². The third kappa shape index (κ3) is 4.38. The molecule has 0 saturated heterocycles. The van der Waals surface area contributed by atoms with Gasteiger partial charge in [-0.2, -0.15) is 0 Å². The average Bonchev–Trinajstić information content (AvgIpc) is 3.35. The van der Waals surface area contributed by atoms with Gasteiger partial charge in [-0.25, -0.2) is 4.98 Å². The first kappa shape index (κ1) is 22.7. The highest BCUT2D eigenvalue weighted by Crippen LogP contribution is 2.52. The number of ether oxygens (including phenoxy) is 1. The van der Waals surface area contributed by atoms with Crippen LogP contribution in [0, 0.1) is 5.41 Å². The highest BCUT2D eigenvalue weighted by molar-refractivity contribution is 7.13. The Hall–Kier alpha value is -4.11. The molecule has 35 heavy (non-hydrogen) atoms. The molecule has 5 rings (SSSR count). The molecule has 0 saturated carbocycles. The number of nitrogens with zero attached hydrogens (tertiary/aromatic N) is 3. The van der Waals surface area contributed by atoms with Gasteiger partial charge in [0.15, 0.2) is 0 Å². The van der Waals surface area contributed by atoms with Gasteiger partial charge in [-0.1, -0.05) is 61.6 Å². The molecule has 1 aliphatic heterocycles. The number of carbonyl (C=O) groups is 2. The largest absolute Gasteiger partial charge is 0.438 e. The van der Waals surface area contributed by atoms with Crippen LogP contribution in [-0.2, 0) is 9.59 Å². The molecule has 1 aliphatic rings. The van der Waals surface area contributed by atoms with Crippen LogP contribution in [0.5, 0.6) is 11.6 Å². The Labute approximate surface area is 206 Å². The molecular formula is C26H23N5O3S. The van der Waals surface area contributed by atoms with E-state index in [2.05, 4.69) is 20.8 Å². The summed E-state index contributed by atoms with van der Waals surface area (Å²) in [6, 6.07) is 19.1. The number of aromatic nitrogens is 3. The first-order valence-corrected chi connectivity index (χ1v) is 11.9. The Balaban J connectivity index is 1.56. The number of para-hydroxylation sites is 1. The fourth-order valence-electron chi connectivity index (χ4n) is 4.35. The topological polar surface area (TPSA) is 106 Å². The van der Waals surface area contributed by atoms with Crippen LogP contribution >= 0.6 is 11.3 Å². The second-order valence-electron chi connectivity index (χ2n) is 8.85. The predicted molar refractivity (Wildman–Crippen MR) is 135 cm³/mol. The molecule has 0 fully saturated rings. The smallest absolute Gasteiger partial charge is 0.232 e. The van der Waals surface area contributed by atoms with Crippen LogP contribution in [0.25, 0.3) is 11.3 Å². The lowest BCUT2D eigenvalue weighted by Crippen LogP contribution is -2.38. The van der Waals surface area contributed by atoms with Crippen molar-refractivity contribution in [2.75, 3.05) is 10.6 Å². The van der Waals surface area contributed by atoms with E-state index in [9.17, 15) is 9.59 Å². The van der Waals surface area contributed by atoms with Crippen molar-refractivity contribution in [2.24, 2.45) is 5.41 Å². The van der Waals surface area contributed by atoms with Crippen LogP contribution < -0.4 is 15.4 Å².